The molecule has 1 aromatic carbocycles. The van der Waals surface area contributed by atoms with Crippen LogP contribution in [0.4, 0.5) is 13.2 Å². The van der Waals surface area contributed by atoms with Gasteiger partial charge in [0.05, 0.1) is 16.8 Å². The summed E-state index contributed by atoms with van der Waals surface area (Å²) in [6.07, 6.45) is -4.61. The standard InChI is InChI=1S/C12H10F3N3OS/c1-16-9(19)6-20-11-10(12(13,14)15)17-7-4-2-3-5-8(7)18-11/h2-5H,6H2,1H3,(H,16,19). The summed E-state index contributed by atoms with van der Waals surface area (Å²) in [7, 11) is 1.42. The molecule has 20 heavy (non-hydrogen) atoms. The normalized spacial score (nSPS) is 11.6. The van der Waals surface area contributed by atoms with Gasteiger partial charge in [-0.3, -0.25) is 4.79 Å². The molecule has 0 saturated carbocycles. The van der Waals surface area contributed by atoms with E-state index in [2.05, 4.69) is 15.3 Å². The largest absolute Gasteiger partial charge is 0.436 e. The maximum atomic E-state index is 13.0. The quantitative estimate of drug-likeness (QED) is 0.885. The van der Waals surface area contributed by atoms with E-state index in [1.54, 1.807) is 18.2 Å². The summed E-state index contributed by atoms with van der Waals surface area (Å²) in [5, 5.41) is 2.05. The van der Waals surface area contributed by atoms with Crippen molar-refractivity contribution in [1.82, 2.24) is 15.3 Å². The number of para-hydroxylation sites is 2. The molecule has 2 aromatic rings. The van der Waals surface area contributed by atoms with Crippen LogP contribution in [0.1, 0.15) is 5.69 Å². The van der Waals surface area contributed by atoms with Crippen molar-refractivity contribution in [2.45, 2.75) is 11.2 Å². The van der Waals surface area contributed by atoms with Gasteiger partial charge < -0.3 is 5.32 Å². The Kier molecular flexibility index (Phi) is 4.12. The number of nitrogens with one attached hydrogen (secondary N) is 1. The molecule has 1 amide bonds. The zero-order valence-electron chi connectivity index (χ0n) is 10.4. The van der Waals surface area contributed by atoms with Gasteiger partial charge in [-0.05, 0) is 12.1 Å². The highest BCUT2D eigenvalue weighted by atomic mass is 32.2. The van der Waals surface area contributed by atoms with Crippen molar-refractivity contribution < 1.29 is 18.0 Å². The number of fused-ring (bicyclic) bond motifs is 1. The van der Waals surface area contributed by atoms with Crippen molar-refractivity contribution in [3.8, 4) is 0 Å². The topological polar surface area (TPSA) is 54.9 Å². The Morgan fingerprint density at radius 2 is 1.85 bits per heavy atom. The van der Waals surface area contributed by atoms with Crippen molar-refractivity contribution in [3.63, 3.8) is 0 Å². The first-order valence-electron chi connectivity index (χ1n) is 5.59. The van der Waals surface area contributed by atoms with Gasteiger partial charge in [0.25, 0.3) is 0 Å². The molecule has 1 heterocycles. The first kappa shape index (κ1) is 14.6. The highest BCUT2D eigenvalue weighted by Crippen LogP contribution is 2.35. The van der Waals surface area contributed by atoms with E-state index >= 15 is 0 Å². The summed E-state index contributed by atoms with van der Waals surface area (Å²) in [6.45, 7) is 0. The zero-order chi connectivity index (χ0) is 14.8. The Labute approximate surface area is 116 Å². The molecule has 0 radical (unpaired) electrons. The molecule has 0 unspecified atom stereocenters. The Morgan fingerprint density at radius 1 is 1.25 bits per heavy atom. The zero-order valence-corrected chi connectivity index (χ0v) is 11.2. The Hall–Kier alpha value is -1.83. The Balaban J connectivity index is 2.46. The van der Waals surface area contributed by atoms with Gasteiger partial charge in [-0.15, -0.1) is 0 Å². The molecule has 4 nitrogen and oxygen atoms in total. The molecule has 0 aliphatic heterocycles. The van der Waals surface area contributed by atoms with E-state index < -0.39 is 11.9 Å². The number of hydrogen-bond donors (Lipinski definition) is 1. The lowest BCUT2D eigenvalue weighted by Gasteiger charge is -2.11. The van der Waals surface area contributed by atoms with E-state index in [1.165, 1.54) is 13.1 Å². The highest BCUT2D eigenvalue weighted by molar-refractivity contribution is 7.99. The maximum Gasteiger partial charge on any atom is 0.436 e. The van der Waals surface area contributed by atoms with Gasteiger partial charge in [-0.25, -0.2) is 9.97 Å². The minimum atomic E-state index is -4.61. The van der Waals surface area contributed by atoms with Gasteiger partial charge >= 0.3 is 6.18 Å². The van der Waals surface area contributed by atoms with E-state index in [4.69, 9.17) is 0 Å². The minimum Gasteiger partial charge on any atom is -0.358 e. The maximum absolute atomic E-state index is 13.0. The SMILES string of the molecule is CNC(=O)CSc1nc2ccccc2nc1C(F)(F)F. The number of alkyl halides is 3. The molecule has 106 valence electrons. The predicted octanol–water partition coefficient (Wildman–Crippen LogP) is 2.49. The van der Waals surface area contributed by atoms with E-state index in [0.717, 1.165) is 0 Å². The number of benzene rings is 1. The van der Waals surface area contributed by atoms with Crippen LogP contribution in [0, 0.1) is 0 Å². The van der Waals surface area contributed by atoms with Crippen LogP contribution in [0.3, 0.4) is 0 Å². The number of nitrogens with zero attached hydrogens (tertiary/aromatic N) is 2. The molecule has 1 N–H and O–H groups in total. The molecule has 8 heteroatoms. The fourth-order valence-electron chi connectivity index (χ4n) is 1.48. The third kappa shape index (κ3) is 3.19. The first-order valence-corrected chi connectivity index (χ1v) is 6.57. The summed E-state index contributed by atoms with van der Waals surface area (Å²) in [5.41, 5.74) is -0.533. The third-order valence-electron chi connectivity index (χ3n) is 2.43. The predicted molar refractivity (Wildman–Crippen MR) is 69.3 cm³/mol. The minimum absolute atomic E-state index is 0.146. The second-order valence-electron chi connectivity index (χ2n) is 3.83. The van der Waals surface area contributed by atoms with E-state index in [0.29, 0.717) is 17.3 Å². The average Bonchev–Trinajstić information content (AvgIpc) is 2.42. The Bertz CT molecular complexity index is 645. The van der Waals surface area contributed by atoms with Crippen LogP contribution in [-0.4, -0.2) is 28.7 Å². The number of carbonyl (C=O) groups excluding carboxylic acids is 1. The molecule has 0 bridgehead atoms. The average molecular weight is 301 g/mol. The fourth-order valence-corrected chi connectivity index (χ4v) is 2.35. The fraction of sp³-hybridized carbons (Fsp3) is 0.250. The van der Waals surface area contributed by atoms with Gasteiger partial charge in [-0.1, -0.05) is 23.9 Å². The molecule has 2 rings (SSSR count). The molecular formula is C12H10F3N3OS. The number of aromatic nitrogens is 2. The first-order chi connectivity index (χ1) is 9.41. The van der Waals surface area contributed by atoms with Gasteiger partial charge in [0, 0.05) is 7.05 Å². The lowest BCUT2D eigenvalue weighted by Crippen LogP contribution is -2.20. The molecule has 0 saturated heterocycles. The summed E-state index contributed by atoms with van der Waals surface area (Å²) >= 11 is 0.716. The molecule has 0 atom stereocenters. The number of halogens is 3. The van der Waals surface area contributed by atoms with Crippen LogP contribution in [-0.2, 0) is 11.0 Å². The smallest absolute Gasteiger partial charge is 0.358 e. The van der Waals surface area contributed by atoms with Crippen LogP contribution < -0.4 is 5.32 Å². The summed E-state index contributed by atoms with van der Waals surface area (Å²) in [5.74, 6) is -0.523. The molecule has 1 aromatic heterocycles. The molecule has 0 spiro atoms. The van der Waals surface area contributed by atoms with Crippen LogP contribution >= 0.6 is 11.8 Å². The van der Waals surface area contributed by atoms with E-state index in [1.807, 2.05) is 0 Å². The summed E-state index contributed by atoms with van der Waals surface area (Å²) in [4.78, 5) is 18.7. The molecule has 0 aliphatic rings. The lowest BCUT2D eigenvalue weighted by atomic mass is 10.3. The van der Waals surface area contributed by atoms with Gasteiger partial charge in [0.2, 0.25) is 5.91 Å². The van der Waals surface area contributed by atoms with Crippen LogP contribution in [0.5, 0.6) is 0 Å². The highest BCUT2D eigenvalue weighted by Gasteiger charge is 2.37. The number of thioether (sulfide) groups is 1. The summed E-state index contributed by atoms with van der Waals surface area (Å²) < 4.78 is 38.9. The van der Waals surface area contributed by atoms with Gasteiger partial charge in [0.15, 0.2) is 5.69 Å². The lowest BCUT2D eigenvalue weighted by molar-refractivity contribution is -0.143. The van der Waals surface area contributed by atoms with Gasteiger partial charge in [-0.2, -0.15) is 13.2 Å². The van der Waals surface area contributed by atoms with Crippen molar-refractivity contribution >= 4 is 28.7 Å². The Morgan fingerprint density at radius 3 is 2.40 bits per heavy atom. The third-order valence-corrected chi connectivity index (χ3v) is 3.39. The number of hydrogen-bond acceptors (Lipinski definition) is 4. The van der Waals surface area contributed by atoms with Gasteiger partial charge in [0.1, 0.15) is 5.03 Å². The second kappa shape index (κ2) is 5.66. The molecular weight excluding hydrogens is 291 g/mol. The van der Waals surface area contributed by atoms with Crippen LogP contribution in [0.25, 0.3) is 11.0 Å². The van der Waals surface area contributed by atoms with Crippen molar-refractivity contribution in [3.05, 3.63) is 30.0 Å². The second-order valence-corrected chi connectivity index (χ2v) is 4.79. The van der Waals surface area contributed by atoms with Crippen molar-refractivity contribution in [2.24, 2.45) is 0 Å². The molecule has 0 aliphatic carbocycles. The van der Waals surface area contributed by atoms with Crippen LogP contribution in [0.15, 0.2) is 29.3 Å². The molecule has 0 fully saturated rings. The number of rotatable bonds is 3. The number of amides is 1. The number of carbonyl (C=O) groups is 1. The van der Waals surface area contributed by atoms with E-state index in [-0.39, 0.29) is 22.2 Å². The van der Waals surface area contributed by atoms with E-state index in [9.17, 15) is 18.0 Å². The van der Waals surface area contributed by atoms with Crippen molar-refractivity contribution in [2.75, 3.05) is 12.8 Å². The summed E-state index contributed by atoms with van der Waals surface area (Å²) in [6, 6.07) is 6.29. The van der Waals surface area contributed by atoms with Crippen LogP contribution in [0.2, 0.25) is 0 Å². The van der Waals surface area contributed by atoms with Crippen molar-refractivity contribution in [1.29, 1.82) is 0 Å². The monoisotopic (exact) mass is 301 g/mol.